The Bertz CT molecular complexity index is 1980. The second-order valence-electron chi connectivity index (χ2n) is 9.82. The van der Waals surface area contributed by atoms with Crippen LogP contribution in [0.4, 0.5) is 39.5 Å². The molecule has 42 heavy (non-hydrogen) atoms. The predicted octanol–water partition coefficient (Wildman–Crippen LogP) is 8.88. The largest absolute Gasteiger partial charge is 0.454 e. The number of pyridine rings is 1. The number of aliphatic hydroxyl groups is 1. The fourth-order valence-corrected chi connectivity index (χ4v) is 6.78. The van der Waals surface area contributed by atoms with Crippen molar-refractivity contribution < 1.29 is 49.4 Å². The molecule has 1 atom stereocenters. The Morgan fingerprint density at radius 1 is 0.833 bits per heavy atom. The summed E-state index contributed by atoms with van der Waals surface area (Å²) >= 11 is 0.567. The number of hydrogen-bond donors (Lipinski definition) is 1. The summed E-state index contributed by atoms with van der Waals surface area (Å²) in [7, 11) is 0. The maximum absolute atomic E-state index is 14.5. The second kappa shape index (κ2) is 8.83. The Hall–Kier alpha value is -3.84. The maximum Gasteiger partial charge on any atom is 0.454 e. The molecule has 0 saturated carbocycles. The highest BCUT2D eigenvalue weighted by atomic mass is 32.2. The monoisotopic (exact) mass is 611 g/mol. The number of aromatic nitrogens is 1. The van der Waals surface area contributed by atoms with Crippen molar-refractivity contribution in [1.82, 2.24) is 4.98 Å². The van der Waals surface area contributed by atoms with E-state index in [-0.39, 0.29) is 10.4 Å². The molecule has 5 aromatic rings. The normalized spacial score (nSPS) is 17.5. The second-order valence-corrected chi connectivity index (χ2v) is 10.9. The van der Waals surface area contributed by atoms with Gasteiger partial charge in [-0.25, -0.2) is 4.98 Å². The third kappa shape index (κ3) is 3.97. The molecular formula is C29H14F9NO2S. The number of carbonyl (C=O) groups excluding carboxylic acids is 1. The Morgan fingerprint density at radius 3 is 2.17 bits per heavy atom. The molecule has 6 rings (SSSR count). The van der Waals surface area contributed by atoms with Crippen LogP contribution in [0.25, 0.3) is 32.6 Å². The Kier molecular flexibility index (Phi) is 5.95. The quantitative estimate of drug-likeness (QED) is 0.0891. The van der Waals surface area contributed by atoms with E-state index in [9.17, 15) is 49.4 Å². The number of carbonyl (C=O) groups is 1. The first-order chi connectivity index (χ1) is 19.4. The molecule has 13 heteroatoms. The van der Waals surface area contributed by atoms with Gasteiger partial charge in [0, 0.05) is 48.0 Å². The van der Waals surface area contributed by atoms with E-state index in [1.807, 2.05) is 0 Å². The van der Waals surface area contributed by atoms with Crippen LogP contribution in [0, 0.1) is 6.92 Å². The van der Waals surface area contributed by atoms with Crippen LogP contribution in [0.3, 0.4) is 0 Å². The molecule has 1 aromatic heterocycles. The van der Waals surface area contributed by atoms with E-state index in [2.05, 4.69) is 4.98 Å². The Morgan fingerprint density at radius 2 is 1.52 bits per heavy atom. The number of ketones is 1. The summed E-state index contributed by atoms with van der Waals surface area (Å²) in [6.07, 6.45) is -16.1. The van der Waals surface area contributed by atoms with Crippen molar-refractivity contribution >= 4 is 50.1 Å². The van der Waals surface area contributed by atoms with Crippen LogP contribution < -0.4 is 0 Å². The van der Waals surface area contributed by atoms with Gasteiger partial charge in [0.15, 0.2) is 0 Å². The Labute approximate surface area is 234 Å². The zero-order chi connectivity index (χ0) is 30.6. The number of fused-ring (bicyclic) bond motifs is 7. The van der Waals surface area contributed by atoms with Gasteiger partial charge < -0.3 is 5.11 Å². The highest BCUT2D eigenvalue weighted by Crippen LogP contribution is 2.57. The average molecular weight is 611 g/mol. The number of halogens is 9. The first kappa shape index (κ1) is 28.3. The lowest BCUT2D eigenvalue weighted by Gasteiger charge is -2.38. The molecular weight excluding hydrogens is 597 g/mol. The minimum Gasteiger partial charge on any atom is -0.372 e. The van der Waals surface area contributed by atoms with Crippen molar-refractivity contribution in [3.63, 3.8) is 0 Å². The minimum atomic E-state index is -5.60. The van der Waals surface area contributed by atoms with E-state index in [1.54, 1.807) is 0 Å². The molecule has 0 bridgehead atoms. The van der Waals surface area contributed by atoms with E-state index in [4.69, 9.17) is 0 Å². The van der Waals surface area contributed by atoms with Gasteiger partial charge in [0.2, 0.25) is 5.60 Å². The van der Waals surface area contributed by atoms with Gasteiger partial charge in [-0.15, -0.1) is 0 Å². The van der Waals surface area contributed by atoms with Crippen molar-refractivity contribution in [3.8, 4) is 0 Å². The van der Waals surface area contributed by atoms with Crippen LogP contribution in [0.5, 0.6) is 0 Å². The SMILES string of the molecule is Cc1ccc2nc3c(cc(C(=O)C(F)(F)F)c4c5c(ccc43)C(O)(C(F)(F)F)c3ccccc3S5)c(C(F)(F)F)c2c1. The molecule has 4 aromatic carbocycles. The topological polar surface area (TPSA) is 50.2 Å². The molecule has 1 unspecified atom stereocenters. The summed E-state index contributed by atoms with van der Waals surface area (Å²) in [5.74, 6) is -2.56. The summed E-state index contributed by atoms with van der Waals surface area (Å²) < 4.78 is 129. The summed E-state index contributed by atoms with van der Waals surface area (Å²) in [4.78, 5) is 16.3. The number of rotatable bonds is 1. The predicted molar refractivity (Wildman–Crippen MR) is 136 cm³/mol. The zero-order valence-electron chi connectivity index (χ0n) is 20.9. The number of nitrogens with zero attached hydrogens (tertiary/aromatic N) is 1. The summed E-state index contributed by atoms with van der Waals surface area (Å²) in [6.45, 7) is 1.51. The molecule has 216 valence electrons. The number of Topliss-reactive ketones (excluding diaryl/α,β-unsaturated/α-hetero) is 1. The molecule has 0 fully saturated rings. The third-order valence-corrected chi connectivity index (χ3v) is 8.43. The fraction of sp³-hybridized carbons (Fsp3) is 0.172. The lowest BCUT2D eigenvalue weighted by atomic mass is 9.82. The highest BCUT2D eigenvalue weighted by molar-refractivity contribution is 7.99. The summed E-state index contributed by atoms with van der Waals surface area (Å²) in [6, 6.07) is 10.8. The lowest BCUT2D eigenvalue weighted by molar-refractivity contribution is -0.250. The standard InChI is InChI=1S/C29H14F9NO2S/c1-12-6-9-19-14(10-12)22(27(30,31)32)16-11-15(25(40)28(33,34)35)21-13(23(16)39-19)7-8-18-24(21)42-20-5-3-2-4-17(20)26(18,41)29(36,37)38/h2-11,41H,1H3. The van der Waals surface area contributed by atoms with Crippen molar-refractivity contribution in [2.75, 3.05) is 0 Å². The van der Waals surface area contributed by atoms with Crippen LogP contribution in [0.15, 0.2) is 70.5 Å². The van der Waals surface area contributed by atoms with Gasteiger partial charge >= 0.3 is 18.5 Å². The fourth-order valence-electron chi connectivity index (χ4n) is 5.44. The minimum absolute atomic E-state index is 0.166. The maximum atomic E-state index is 14.5. The van der Waals surface area contributed by atoms with Crippen LogP contribution >= 0.6 is 11.8 Å². The molecule has 1 aliphatic rings. The van der Waals surface area contributed by atoms with Crippen molar-refractivity contribution in [2.24, 2.45) is 0 Å². The van der Waals surface area contributed by atoms with E-state index >= 15 is 0 Å². The Balaban J connectivity index is 1.87. The van der Waals surface area contributed by atoms with Gasteiger partial charge in [0.25, 0.3) is 5.78 Å². The van der Waals surface area contributed by atoms with Crippen LogP contribution in [-0.4, -0.2) is 28.2 Å². The summed E-state index contributed by atoms with van der Waals surface area (Å²) in [5.41, 5.74) is -8.02. The summed E-state index contributed by atoms with van der Waals surface area (Å²) in [5, 5.41) is 8.82. The van der Waals surface area contributed by atoms with Gasteiger partial charge in [0.05, 0.1) is 16.6 Å². The number of alkyl halides is 9. The van der Waals surface area contributed by atoms with Crippen LogP contribution in [0.1, 0.15) is 32.6 Å². The molecule has 0 saturated heterocycles. The zero-order valence-corrected chi connectivity index (χ0v) is 21.7. The van der Waals surface area contributed by atoms with Crippen LogP contribution in [-0.2, 0) is 11.8 Å². The van der Waals surface area contributed by atoms with Gasteiger partial charge in [-0.05, 0) is 31.2 Å². The van der Waals surface area contributed by atoms with Crippen molar-refractivity contribution in [3.05, 3.63) is 88.5 Å². The van der Waals surface area contributed by atoms with E-state index in [0.717, 1.165) is 24.3 Å². The van der Waals surface area contributed by atoms with Gasteiger partial charge in [-0.1, -0.05) is 53.7 Å². The van der Waals surface area contributed by atoms with Crippen LogP contribution in [0.2, 0.25) is 0 Å². The molecule has 0 radical (unpaired) electrons. The molecule has 2 heterocycles. The first-order valence-corrected chi connectivity index (χ1v) is 12.9. The van der Waals surface area contributed by atoms with E-state index in [0.29, 0.717) is 23.4 Å². The highest BCUT2D eigenvalue weighted by Gasteiger charge is 2.60. The molecule has 3 nitrogen and oxygen atoms in total. The number of hydrogen-bond acceptors (Lipinski definition) is 4. The lowest BCUT2D eigenvalue weighted by Crippen LogP contribution is -2.45. The molecule has 1 N–H and O–H groups in total. The first-order valence-electron chi connectivity index (χ1n) is 12.0. The molecule has 0 aliphatic carbocycles. The smallest absolute Gasteiger partial charge is 0.372 e. The number of aryl methyl sites for hydroxylation is 1. The number of benzene rings is 4. The van der Waals surface area contributed by atoms with E-state index in [1.165, 1.54) is 37.3 Å². The third-order valence-electron chi connectivity index (χ3n) is 7.22. The molecule has 0 spiro atoms. The van der Waals surface area contributed by atoms with E-state index < -0.39 is 84.1 Å². The van der Waals surface area contributed by atoms with Crippen molar-refractivity contribution in [2.45, 2.75) is 40.8 Å². The average Bonchev–Trinajstić information content (AvgIpc) is 2.89. The van der Waals surface area contributed by atoms with Crippen molar-refractivity contribution in [1.29, 1.82) is 0 Å². The molecule has 0 amide bonds. The van der Waals surface area contributed by atoms with Gasteiger partial charge in [-0.2, -0.15) is 39.5 Å². The molecule has 1 aliphatic heterocycles. The van der Waals surface area contributed by atoms with Gasteiger partial charge in [-0.3, -0.25) is 4.79 Å². The van der Waals surface area contributed by atoms with Gasteiger partial charge in [0.1, 0.15) is 0 Å².